The highest BCUT2D eigenvalue weighted by Crippen LogP contribution is 2.50. The molecule has 2 heterocycles. The fourth-order valence-electron chi connectivity index (χ4n) is 11.2. The first kappa shape index (κ1) is 36.7. The Kier molecular flexibility index (Phi) is 8.02. The number of fused-ring (bicyclic) bond motifs is 10. The maximum absolute atomic E-state index is 7.18. The minimum Gasteiger partial charge on any atom is -0.455 e. The average Bonchev–Trinajstić information content (AvgIpc) is 3.94. The van der Waals surface area contributed by atoms with E-state index in [1.807, 2.05) is 0 Å². The summed E-state index contributed by atoms with van der Waals surface area (Å²) in [6.45, 7) is 0. The fraction of sp³-hybridized carbons (Fsp3) is 0. The van der Waals surface area contributed by atoms with E-state index in [4.69, 9.17) is 4.42 Å². The van der Waals surface area contributed by atoms with Crippen LogP contribution in [0.2, 0.25) is 0 Å². The SMILES string of the molecule is c1ccc(-c2ccc3c(c2)c2ccccc2n3-c2c3ccccc3c(-c3cccc4c3oc3cccc(-c5c6ccccc6c(-c6ccccc6)c6ccccc56)c34)c3ccccc23)cc1. The third kappa shape index (κ3) is 5.30. The molecule has 2 aromatic heterocycles. The molecule has 306 valence electrons. The van der Waals surface area contributed by atoms with Crippen molar-refractivity contribution >= 4 is 86.8 Å². The molecular weight excluding hydrogens is 799 g/mol. The molecule has 2 heteroatoms. The van der Waals surface area contributed by atoms with Gasteiger partial charge in [0, 0.05) is 43.4 Å². The molecule has 0 unspecified atom stereocenters. The first-order chi connectivity index (χ1) is 32.8. The molecule has 0 N–H and O–H groups in total. The molecule has 0 bridgehead atoms. The maximum Gasteiger partial charge on any atom is 0.143 e. The highest BCUT2D eigenvalue weighted by Gasteiger charge is 2.25. The summed E-state index contributed by atoms with van der Waals surface area (Å²) in [5.74, 6) is 0. The van der Waals surface area contributed by atoms with Crippen molar-refractivity contribution in [3.8, 4) is 50.2 Å². The van der Waals surface area contributed by atoms with Crippen molar-refractivity contribution in [1.82, 2.24) is 4.57 Å². The van der Waals surface area contributed by atoms with Crippen LogP contribution in [0.5, 0.6) is 0 Å². The van der Waals surface area contributed by atoms with E-state index < -0.39 is 0 Å². The number of aromatic nitrogens is 1. The van der Waals surface area contributed by atoms with Gasteiger partial charge >= 0.3 is 0 Å². The number of hydrogen-bond donors (Lipinski definition) is 0. The van der Waals surface area contributed by atoms with Crippen molar-refractivity contribution in [3.05, 3.63) is 237 Å². The lowest BCUT2D eigenvalue weighted by molar-refractivity contribution is 0.670. The minimum atomic E-state index is 0.876. The van der Waals surface area contributed by atoms with E-state index in [-0.39, 0.29) is 0 Å². The van der Waals surface area contributed by atoms with Gasteiger partial charge in [0.15, 0.2) is 0 Å². The number of rotatable bonds is 5. The van der Waals surface area contributed by atoms with Gasteiger partial charge in [-0.15, -0.1) is 0 Å². The van der Waals surface area contributed by atoms with Gasteiger partial charge in [0.05, 0.1) is 16.7 Å². The van der Waals surface area contributed by atoms with Crippen LogP contribution in [0.15, 0.2) is 241 Å². The molecule has 0 spiro atoms. The van der Waals surface area contributed by atoms with Crippen LogP contribution in [0.3, 0.4) is 0 Å². The lowest BCUT2D eigenvalue weighted by atomic mass is 9.85. The van der Waals surface area contributed by atoms with Crippen molar-refractivity contribution < 1.29 is 4.42 Å². The third-order valence-electron chi connectivity index (χ3n) is 14.0. The predicted octanol–water partition coefficient (Wildman–Crippen LogP) is 18.0. The van der Waals surface area contributed by atoms with E-state index >= 15 is 0 Å². The molecule has 0 saturated heterocycles. The zero-order valence-corrected chi connectivity index (χ0v) is 35.9. The molecule has 0 fully saturated rings. The van der Waals surface area contributed by atoms with Crippen molar-refractivity contribution in [1.29, 1.82) is 0 Å². The van der Waals surface area contributed by atoms with E-state index in [0.29, 0.717) is 0 Å². The van der Waals surface area contributed by atoms with Gasteiger partial charge in [-0.2, -0.15) is 0 Å². The summed E-state index contributed by atoms with van der Waals surface area (Å²) in [6.07, 6.45) is 0. The number of nitrogens with zero attached hydrogens (tertiary/aromatic N) is 1. The summed E-state index contributed by atoms with van der Waals surface area (Å²) in [7, 11) is 0. The summed E-state index contributed by atoms with van der Waals surface area (Å²) in [4.78, 5) is 0. The summed E-state index contributed by atoms with van der Waals surface area (Å²) in [5, 5.41) is 14.4. The molecule has 2 nitrogen and oxygen atoms in total. The lowest BCUT2D eigenvalue weighted by Crippen LogP contribution is -1.99. The van der Waals surface area contributed by atoms with Gasteiger partial charge in [0.1, 0.15) is 11.2 Å². The molecule has 66 heavy (non-hydrogen) atoms. The van der Waals surface area contributed by atoms with Crippen LogP contribution >= 0.6 is 0 Å². The Morgan fingerprint density at radius 2 is 0.727 bits per heavy atom. The Labute approximate surface area is 380 Å². The molecule has 12 aromatic carbocycles. The van der Waals surface area contributed by atoms with E-state index in [1.54, 1.807) is 0 Å². The topological polar surface area (TPSA) is 18.1 Å². The first-order valence-electron chi connectivity index (χ1n) is 22.8. The first-order valence-corrected chi connectivity index (χ1v) is 22.8. The number of benzene rings is 12. The molecule has 14 rings (SSSR count). The Balaban J connectivity index is 1.04. The lowest BCUT2D eigenvalue weighted by Gasteiger charge is -2.19. The Morgan fingerprint density at radius 3 is 1.36 bits per heavy atom. The van der Waals surface area contributed by atoms with Crippen LogP contribution in [0, 0.1) is 0 Å². The van der Waals surface area contributed by atoms with Gasteiger partial charge in [-0.25, -0.2) is 0 Å². The molecule has 0 aliphatic rings. The molecule has 14 aromatic rings. The molecule has 0 aliphatic carbocycles. The Bertz CT molecular complexity index is 4160. The summed E-state index contributed by atoms with van der Waals surface area (Å²) in [5.41, 5.74) is 14.9. The van der Waals surface area contributed by atoms with Gasteiger partial charge in [0.25, 0.3) is 0 Å². The number of para-hydroxylation sites is 2. The fourth-order valence-corrected chi connectivity index (χ4v) is 11.2. The molecule has 0 aliphatic heterocycles. The maximum atomic E-state index is 7.18. The zero-order chi connectivity index (χ0) is 43.3. The average molecular weight is 838 g/mol. The smallest absolute Gasteiger partial charge is 0.143 e. The second kappa shape index (κ2) is 14.4. The summed E-state index contributed by atoms with van der Waals surface area (Å²) in [6, 6.07) is 86.3. The van der Waals surface area contributed by atoms with Crippen molar-refractivity contribution in [2.75, 3.05) is 0 Å². The third-order valence-corrected chi connectivity index (χ3v) is 14.0. The van der Waals surface area contributed by atoms with E-state index in [9.17, 15) is 0 Å². The normalized spacial score (nSPS) is 11.9. The van der Waals surface area contributed by atoms with Crippen LogP contribution < -0.4 is 0 Å². The summed E-state index contributed by atoms with van der Waals surface area (Å²) >= 11 is 0. The monoisotopic (exact) mass is 837 g/mol. The second-order valence-corrected chi connectivity index (χ2v) is 17.4. The minimum absolute atomic E-state index is 0.876. The van der Waals surface area contributed by atoms with Crippen molar-refractivity contribution in [2.24, 2.45) is 0 Å². The van der Waals surface area contributed by atoms with Crippen LogP contribution in [0.25, 0.3) is 137 Å². The van der Waals surface area contributed by atoms with Crippen molar-refractivity contribution in [2.45, 2.75) is 0 Å². The van der Waals surface area contributed by atoms with E-state index in [1.165, 1.54) is 110 Å². The van der Waals surface area contributed by atoms with Crippen LogP contribution in [0.4, 0.5) is 0 Å². The highest BCUT2D eigenvalue weighted by atomic mass is 16.3. The molecule has 0 radical (unpaired) electrons. The predicted molar refractivity (Wildman–Crippen MR) is 280 cm³/mol. The largest absolute Gasteiger partial charge is 0.455 e. The summed E-state index contributed by atoms with van der Waals surface area (Å²) < 4.78 is 9.68. The highest BCUT2D eigenvalue weighted by molar-refractivity contribution is 6.28. The van der Waals surface area contributed by atoms with Gasteiger partial charge < -0.3 is 8.98 Å². The second-order valence-electron chi connectivity index (χ2n) is 17.4. The van der Waals surface area contributed by atoms with Gasteiger partial charge in [0.2, 0.25) is 0 Å². The number of hydrogen-bond acceptors (Lipinski definition) is 1. The molecular formula is C64H39NO. The van der Waals surface area contributed by atoms with Gasteiger partial charge in [-0.3, -0.25) is 0 Å². The molecule has 0 atom stereocenters. The molecule has 0 saturated carbocycles. The quantitative estimate of drug-likeness (QED) is 0.158. The van der Waals surface area contributed by atoms with E-state index in [0.717, 1.165) is 27.5 Å². The standard InChI is InChI=1S/C64H39NO/c1-3-19-40(20-4-1)42-37-38-57-55(39-42)43-23-15-16-35-56(43)65(57)63-50-30-13-11-28-48(50)61(49-29-12-14-31-51(49)63)53-33-17-34-54-62-52(32-18-36-58(62)66-64(53)54)60-46-26-9-7-24-44(46)59(41-21-5-2-6-22-41)45-25-8-10-27-47(45)60/h1-39H. The van der Waals surface area contributed by atoms with Crippen molar-refractivity contribution in [3.63, 3.8) is 0 Å². The number of furan rings is 1. The van der Waals surface area contributed by atoms with Gasteiger partial charge in [-0.1, -0.05) is 212 Å². The van der Waals surface area contributed by atoms with Crippen LogP contribution in [0.1, 0.15) is 0 Å². The Morgan fingerprint density at radius 1 is 0.273 bits per heavy atom. The molecule has 0 amide bonds. The zero-order valence-electron chi connectivity index (χ0n) is 35.9. The van der Waals surface area contributed by atoms with Crippen LogP contribution in [-0.2, 0) is 0 Å². The Hall–Kier alpha value is -8.72. The van der Waals surface area contributed by atoms with E-state index in [2.05, 4.69) is 241 Å². The van der Waals surface area contributed by atoms with Crippen LogP contribution in [-0.4, -0.2) is 4.57 Å². The van der Waals surface area contributed by atoms with Gasteiger partial charge in [-0.05, 0) is 90.0 Å².